The number of amidine groups is 1. The summed E-state index contributed by atoms with van der Waals surface area (Å²) >= 11 is 1.15. The summed E-state index contributed by atoms with van der Waals surface area (Å²) in [6.07, 6.45) is 0.261. The first-order chi connectivity index (χ1) is 14.3. The molecule has 160 valence electrons. The molecule has 9 heteroatoms. The zero-order valence-electron chi connectivity index (χ0n) is 16.6. The molecule has 2 aromatic rings. The zero-order valence-corrected chi connectivity index (χ0v) is 17.4. The molecule has 1 aliphatic rings. The molecule has 0 unspecified atom stereocenters. The molecule has 1 aromatic carbocycles. The number of Topliss-reactive ketones (excluding diaryl/α,β-unsaturated/α-hetero) is 1. The molecule has 0 bridgehead atoms. The number of benzene rings is 1. The third-order valence-corrected chi connectivity index (χ3v) is 6.27. The zero-order chi connectivity index (χ0) is 21.9. The number of carbonyl (C=O) groups is 1. The molecule has 0 saturated heterocycles. The van der Waals surface area contributed by atoms with Crippen LogP contribution in [0.3, 0.4) is 0 Å². The van der Waals surface area contributed by atoms with E-state index in [1.165, 1.54) is 43.5 Å². The van der Waals surface area contributed by atoms with Crippen molar-refractivity contribution in [3.63, 3.8) is 0 Å². The van der Waals surface area contributed by atoms with Crippen molar-refractivity contribution in [2.24, 2.45) is 10.7 Å². The minimum atomic E-state index is -1.48. The van der Waals surface area contributed by atoms with Crippen LogP contribution in [0.5, 0.6) is 5.75 Å². The Labute approximate surface area is 176 Å². The molecule has 1 aliphatic heterocycles. The Morgan fingerprint density at radius 2 is 2.10 bits per heavy atom. The summed E-state index contributed by atoms with van der Waals surface area (Å²) in [6.45, 7) is 2.36. The summed E-state index contributed by atoms with van der Waals surface area (Å²) in [6, 6.07) is 6.99. The average Bonchev–Trinajstić information content (AvgIpc) is 2.72. The van der Waals surface area contributed by atoms with Gasteiger partial charge in [-0.2, -0.15) is 0 Å². The lowest BCUT2D eigenvalue weighted by Gasteiger charge is -2.38. The smallest absolute Gasteiger partial charge is 0.228 e. The van der Waals surface area contributed by atoms with Gasteiger partial charge in [0.1, 0.15) is 29.0 Å². The molecule has 2 N–H and O–H groups in total. The second kappa shape index (κ2) is 9.07. The number of hydrogen-bond acceptors (Lipinski definition) is 6. The second-order valence-electron chi connectivity index (χ2n) is 7.11. The van der Waals surface area contributed by atoms with Crippen molar-refractivity contribution >= 4 is 22.7 Å². The number of aromatic nitrogens is 1. The lowest BCUT2D eigenvalue weighted by atomic mass is 9.83. The largest absolute Gasteiger partial charge is 0.461 e. The summed E-state index contributed by atoms with van der Waals surface area (Å²) in [7, 11) is 0. The first kappa shape index (κ1) is 22.1. The Morgan fingerprint density at radius 1 is 1.33 bits per heavy atom. The molecule has 0 fully saturated rings. The Morgan fingerprint density at radius 3 is 2.73 bits per heavy atom. The quantitative estimate of drug-likeness (QED) is 0.652. The molecule has 5 nitrogen and oxygen atoms in total. The Bertz CT molecular complexity index is 955. The van der Waals surface area contributed by atoms with Crippen LogP contribution in [0, 0.1) is 5.82 Å². The highest BCUT2D eigenvalue weighted by atomic mass is 32.2. The highest BCUT2D eigenvalue weighted by Gasteiger charge is 2.46. The van der Waals surface area contributed by atoms with Crippen LogP contribution in [-0.2, 0) is 12.0 Å². The van der Waals surface area contributed by atoms with Crippen molar-refractivity contribution in [2.75, 3.05) is 6.86 Å². The van der Waals surface area contributed by atoms with Crippen molar-refractivity contribution in [1.29, 1.82) is 0 Å². The first-order valence-corrected chi connectivity index (χ1v) is 10.3. The van der Waals surface area contributed by atoms with Gasteiger partial charge in [-0.3, -0.25) is 4.79 Å². The second-order valence-corrected chi connectivity index (χ2v) is 8.37. The van der Waals surface area contributed by atoms with Gasteiger partial charge in [0.25, 0.3) is 0 Å². The van der Waals surface area contributed by atoms with Gasteiger partial charge >= 0.3 is 0 Å². The molecule has 3 rings (SSSR count). The highest BCUT2D eigenvalue weighted by Crippen LogP contribution is 2.43. The van der Waals surface area contributed by atoms with Crippen LogP contribution in [0.1, 0.15) is 41.9 Å². The number of ether oxygens (including phenoxy) is 1. The summed E-state index contributed by atoms with van der Waals surface area (Å²) in [5.74, 6) is -0.730. The van der Waals surface area contributed by atoms with Crippen LogP contribution in [0.25, 0.3) is 0 Å². The van der Waals surface area contributed by atoms with Gasteiger partial charge in [0, 0.05) is 17.2 Å². The monoisotopic (exact) mass is 437 g/mol. The van der Waals surface area contributed by atoms with E-state index >= 15 is 4.39 Å². The normalized spacial score (nSPS) is 23.7. The summed E-state index contributed by atoms with van der Waals surface area (Å²) in [5.41, 5.74) is 5.11. The lowest BCUT2D eigenvalue weighted by molar-refractivity contribution is 0.0988. The SMILES string of the molecule is CC[C@H]1SC(N)=N[C@](C)(c2cc(CC(=O)c3ccc(OCF)cn3)ccc2F)[C@H]1F. The van der Waals surface area contributed by atoms with E-state index in [2.05, 4.69) is 14.7 Å². The van der Waals surface area contributed by atoms with Gasteiger partial charge in [-0.05, 0) is 43.2 Å². The number of carbonyl (C=O) groups excluding carboxylic acids is 1. The summed E-state index contributed by atoms with van der Waals surface area (Å²) in [4.78, 5) is 20.7. The molecule has 30 heavy (non-hydrogen) atoms. The maximum Gasteiger partial charge on any atom is 0.228 e. The molecular formula is C21H22F3N3O2S. The van der Waals surface area contributed by atoms with E-state index in [1.807, 2.05) is 6.92 Å². The third kappa shape index (κ3) is 4.45. The average molecular weight is 437 g/mol. The Balaban J connectivity index is 1.88. The number of halogens is 3. The van der Waals surface area contributed by atoms with Gasteiger partial charge < -0.3 is 10.5 Å². The molecule has 3 atom stereocenters. The topological polar surface area (TPSA) is 77.6 Å². The summed E-state index contributed by atoms with van der Waals surface area (Å²) in [5, 5.41) is -0.231. The molecule has 0 spiro atoms. The molecule has 1 aromatic heterocycles. The lowest BCUT2D eigenvalue weighted by Crippen LogP contribution is -2.45. The first-order valence-electron chi connectivity index (χ1n) is 9.41. The Hall–Kier alpha value is -2.55. The van der Waals surface area contributed by atoms with E-state index in [0.717, 1.165) is 11.8 Å². The van der Waals surface area contributed by atoms with Gasteiger partial charge in [-0.1, -0.05) is 24.8 Å². The number of nitrogens with two attached hydrogens (primary N) is 1. The van der Waals surface area contributed by atoms with Crippen LogP contribution < -0.4 is 10.5 Å². The molecule has 0 aliphatic carbocycles. The van der Waals surface area contributed by atoms with E-state index in [1.54, 1.807) is 0 Å². The number of hydrogen-bond donors (Lipinski definition) is 1. The number of rotatable bonds is 7. The third-order valence-electron chi connectivity index (χ3n) is 5.06. The Kier molecular flexibility index (Phi) is 6.70. The van der Waals surface area contributed by atoms with Gasteiger partial charge in [0.15, 0.2) is 11.0 Å². The fourth-order valence-electron chi connectivity index (χ4n) is 3.43. The van der Waals surface area contributed by atoms with Crippen LogP contribution in [0.4, 0.5) is 13.2 Å². The number of aliphatic imine (C=N–C) groups is 1. The van der Waals surface area contributed by atoms with E-state index in [9.17, 15) is 13.6 Å². The number of pyridine rings is 1. The van der Waals surface area contributed by atoms with Crippen molar-refractivity contribution in [2.45, 2.75) is 43.6 Å². The van der Waals surface area contributed by atoms with Gasteiger partial charge in [0.2, 0.25) is 6.86 Å². The molecule has 0 saturated carbocycles. The van der Waals surface area contributed by atoms with Gasteiger partial charge in [0.05, 0.1) is 6.20 Å². The maximum absolute atomic E-state index is 15.2. The van der Waals surface area contributed by atoms with Crippen molar-refractivity contribution in [1.82, 2.24) is 4.98 Å². The molecule has 0 amide bonds. The van der Waals surface area contributed by atoms with Crippen molar-refractivity contribution < 1.29 is 22.7 Å². The minimum absolute atomic E-state index is 0.0571. The number of alkyl halides is 2. The molecule has 2 heterocycles. The summed E-state index contributed by atoms with van der Waals surface area (Å²) < 4.78 is 46.8. The fourth-order valence-corrected chi connectivity index (χ4v) is 4.54. The van der Waals surface area contributed by atoms with E-state index in [4.69, 9.17) is 5.73 Å². The predicted molar refractivity (Wildman–Crippen MR) is 111 cm³/mol. The van der Waals surface area contributed by atoms with Gasteiger partial charge in [-0.25, -0.2) is 23.1 Å². The molecular weight excluding hydrogens is 415 g/mol. The highest BCUT2D eigenvalue weighted by molar-refractivity contribution is 8.14. The van der Waals surface area contributed by atoms with Crippen LogP contribution in [-0.4, -0.2) is 34.2 Å². The minimum Gasteiger partial charge on any atom is -0.461 e. The van der Waals surface area contributed by atoms with Crippen LogP contribution in [0.15, 0.2) is 41.5 Å². The number of nitrogens with zero attached hydrogens (tertiary/aromatic N) is 2. The fraction of sp³-hybridized carbons (Fsp3) is 0.381. The van der Waals surface area contributed by atoms with Crippen LogP contribution in [0.2, 0.25) is 0 Å². The van der Waals surface area contributed by atoms with E-state index in [-0.39, 0.29) is 34.4 Å². The molecule has 0 radical (unpaired) electrons. The van der Waals surface area contributed by atoms with Crippen molar-refractivity contribution in [3.05, 3.63) is 59.2 Å². The van der Waals surface area contributed by atoms with Crippen molar-refractivity contribution in [3.8, 4) is 5.75 Å². The standard InChI is InChI=1S/C21H22F3N3O2S/c1-3-18-19(24)21(2,27-20(25)30-18)14-8-12(4-6-15(14)23)9-17(28)16-7-5-13(10-26-16)29-11-22/h4-8,10,18-19H,3,9,11H2,1-2H3,(H2,25,27)/t18-,19+,21-/m1/s1. The van der Waals surface area contributed by atoms with E-state index < -0.39 is 29.6 Å². The predicted octanol–water partition coefficient (Wildman–Crippen LogP) is 4.35. The maximum atomic E-state index is 15.2. The van der Waals surface area contributed by atoms with Crippen LogP contribution >= 0.6 is 11.8 Å². The number of ketones is 1. The van der Waals surface area contributed by atoms with Gasteiger partial charge in [-0.15, -0.1) is 0 Å². The van der Waals surface area contributed by atoms with E-state index in [0.29, 0.717) is 12.0 Å². The number of thioether (sulfide) groups is 1.